The van der Waals surface area contributed by atoms with E-state index in [4.69, 9.17) is 0 Å². The summed E-state index contributed by atoms with van der Waals surface area (Å²) >= 11 is 0. The van der Waals surface area contributed by atoms with Gasteiger partial charge in [0, 0.05) is 0 Å². The number of rotatable bonds is 8. The second-order valence-electron chi connectivity index (χ2n) is 2.66. The molecule has 0 aliphatic carbocycles. The first-order valence-electron chi connectivity index (χ1n) is 4.41. The summed E-state index contributed by atoms with van der Waals surface area (Å²) < 4.78 is 0. The number of hydrogen-bond donors (Lipinski definition) is 3. The maximum absolute atomic E-state index is 3.38. The number of nitrogens with one attached hydrogen (secondary N) is 3. The molecule has 11 heavy (non-hydrogen) atoms. The molecule has 0 aromatic carbocycles. The van der Waals surface area contributed by atoms with Gasteiger partial charge in [-0.1, -0.05) is 0 Å². The third kappa shape index (κ3) is 9.88. The minimum Gasteiger partial charge on any atom is -0.320 e. The maximum atomic E-state index is 3.38. The van der Waals surface area contributed by atoms with Crippen molar-refractivity contribution in [2.24, 2.45) is 0 Å². The Morgan fingerprint density at radius 3 is 1.55 bits per heavy atom. The van der Waals surface area contributed by atoms with E-state index in [0.717, 1.165) is 26.2 Å². The van der Waals surface area contributed by atoms with Crippen LogP contribution >= 0.6 is 0 Å². The monoisotopic (exact) mass is 159 g/mol. The lowest BCUT2D eigenvalue weighted by atomic mass is 10.4. The highest BCUT2D eigenvalue weighted by Gasteiger charge is 1.86. The quantitative estimate of drug-likeness (QED) is 0.429. The molecular weight excluding hydrogens is 138 g/mol. The normalized spacial score (nSPS) is 10.4. The molecule has 0 bridgehead atoms. The minimum absolute atomic E-state index is 1.11. The molecule has 0 unspecified atom stereocenters. The second-order valence-corrected chi connectivity index (χ2v) is 2.66. The number of hydrogen-bond acceptors (Lipinski definition) is 3. The summed E-state index contributed by atoms with van der Waals surface area (Å²) in [7, 11) is 3.97. The Balaban J connectivity index is 2.69. The Morgan fingerprint density at radius 1 is 0.727 bits per heavy atom. The van der Waals surface area contributed by atoms with Crippen molar-refractivity contribution in [1.29, 1.82) is 0 Å². The zero-order valence-corrected chi connectivity index (χ0v) is 7.74. The molecule has 0 fully saturated rings. The van der Waals surface area contributed by atoms with Crippen molar-refractivity contribution in [3.8, 4) is 0 Å². The predicted octanol–water partition coefficient (Wildman–Crippen LogP) is -0.205. The zero-order valence-electron chi connectivity index (χ0n) is 7.74. The zero-order chi connectivity index (χ0) is 8.36. The van der Waals surface area contributed by atoms with E-state index in [1.165, 1.54) is 12.8 Å². The maximum Gasteiger partial charge on any atom is -0.00368 e. The highest BCUT2D eigenvalue weighted by molar-refractivity contribution is 4.50. The molecule has 0 atom stereocenters. The molecule has 0 rings (SSSR count). The standard InChI is InChI=1S/C8H21N3/c1-9-5-3-7-11-8-4-6-10-2/h9-11H,3-8H2,1-2H3. The van der Waals surface area contributed by atoms with Crippen LogP contribution in [-0.2, 0) is 0 Å². The summed E-state index contributed by atoms with van der Waals surface area (Å²) in [5, 5.41) is 9.61. The first kappa shape index (κ1) is 10.9. The molecular formula is C8H21N3. The minimum atomic E-state index is 1.11. The summed E-state index contributed by atoms with van der Waals surface area (Å²) in [6.45, 7) is 4.48. The van der Waals surface area contributed by atoms with Gasteiger partial charge in [0.25, 0.3) is 0 Å². The van der Waals surface area contributed by atoms with E-state index in [9.17, 15) is 0 Å². The molecule has 0 saturated carbocycles. The van der Waals surface area contributed by atoms with Crippen molar-refractivity contribution >= 4 is 0 Å². The largest absolute Gasteiger partial charge is 0.320 e. The topological polar surface area (TPSA) is 36.1 Å². The molecule has 0 radical (unpaired) electrons. The van der Waals surface area contributed by atoms with Crippen LogP contribution in [0.2, 0.25) is 0 Å². The van der Waals surface area contributed by atoms with Crippen LogP contribution in [0.1, 0.15) is 12.8 Å². The molecule has 68 valence electrons. The van der Waals surface area contributed by atoms with Crippen LogP contribution in [0.4, 0.5) is 0 Å². The molecule has 0 aromatic rings. The molecule has 0 amide bonds. The Morgan fingerprint density at radius 2 is 1.18 bits per heavy atom. The van der Waals surface area contributed by atoms with Gasteiger partial charge in [-0.3, -0.25) is 0 Å². The van der Waals surface area contributed by atoms with E-state index >= 15 is 0 Å². The Bertz CT molecular complexity index is 58.4. The van der Waals surface area contributed by atoms with E-state index in [1.54, 1.807) is 0 Å². The van der Waals surface area contributed by atoms with Crippen molar-refractivity contribution < 1.29 is 0 Å². The van der Waals surface area contributed by atoms with Crippen LogP contribution in [-0.4, -0.2) is 40.3 Å². The summed E-state index contributed by atoms with van der Waals surface area (Å²) in [5.41, 5.74) is 0. The van der Waals surface area contributed by atoms with Crippen molar-refractivity contribution in [1.82, 2.24) is 16.0 Å². The molecule has 3 heteroatoms. The second kappa shape index (κ2) is 9.88. The molecule has 0 saturated heterocycles. The highest BCUT2D eigenvalue weighted by atomic mass is 14.9. The molecule has 0 aromatic heterocycles. The van der Waals surface area contributed by atoms with Gasteiger partial charge >= 0.3 is 0 Å². The average Bonchev–Trinajstić information content (AvgIpc) is 2.03. The summed E-state index contributed by atoms with van der Waals surface area (Å²) in [5.74, 6) is 0. The first-order valence-corrected chi connectivity index (χ1v) is 4.41. The van der Waals surface area contributed by atoms with Crippen molar-refractivity contribution in [2.75, 3.05) is 40.3 Å². The van der Waals surface area contributed by atoms with Gasteiger partial charge in [0.05, 0.1) is 0 Å². The summed E-state index contributed by atoms with van der Waals surface area (Å²) in [4.78, 5) is 0. The first-order chi connectivity index (χ1) is 5.41. The van der Waals surface area contributed by atoms with E-state index in [2.05, 4.69) is 16.0 Å². The van der Waals surface area contributed by atoms with Gasteiger partial charge in [0.1, 0.15) is 0 Å². The SMILES string of the molecule is CNCCCNCCCNC. The van der Waals surface area contributed by atoms with Crippen molar-refractivity contribution in [3.63, 3.8) is 0 Å². The van der Waals surface area contributed by atoms with Gasteiger partial charge in [0.2, 0.25) is 0 Å². The fourth-order valence-electron chi connectivity index (χ4n) is 0.905. The summed E-state index contributed by atoms with van der Waals surface area (Å²) in [6, 6.07) is 0. The van der Waals surface area contributed by atoms with E-state index in [1.807, 2.05) is 14.1 Å². The van der Waals surface area contributed by atoms with Gasteiger partial charge < -0.3 is 16.0 Å². The van der Waals surface area contributed by atoms with E-state index in [0.29, 0.717) is 0 Å². The van der Waals surface area contributed by atoms with Gasteiger partial charge in [-0.15, -0.1) is 0 Å². The van der Waals surface area contributed by atoms with Crippen molar-refractivity contribution in [2.45, 2.75) is 12.8 Å². The van der Waals surface area contributed by atoms with Crippen LogP contribution in [0.3, 0.4) is 0 Å². The lowest BCUT2D eigenvalue weighted by molar-refractivity contribution is 0.594. The molecule has 0 spiro atoms. The van der Waals surface area contributed by atoms with Gasteiger partial charge in [0.15, 0.2) is 0 Å². The van der Waals surface area contributed by atoms with Crippen LogP contribution in [0.5, 0.6) is 0 Å². The lowest BCUT2D eigenvalue weighted by Gasteiger charge is -2.03. The van der Waals surface area contributed by atoms with Gasteiger partial charge in [-0.05, 0) is 53.1 Å². The molecule has 0 aliphatic heterocycles. The highest BCUT2D eigenvalue weighted by Crippen LogP contribution is 1.74. The van der Waals surface area contributed by atoms with Crippen LogP contribution in [0.15, 0.2) is 0 Å². The molecule has 0 heterocycles. The van der Waals surface area contributed by atoms with Crippen molar-refractivity contribution in [3.05, 3.63) is 0 Å². The molecule has 3 N–H and O–H groups in total. The predicted molar refractivity (Wildman–Crippen MR) is 50.0 cm³/mol. The van der Waals surface area contributed by atoms with Gasteiger partial charge in [-0.2, -0.15) is 0 Å². The molecule has 0 aliphatic rings. The third-order valence-corrected chi connectivity index (χ3v) is 1.56. The lowest BCUT2D eigenvalue weighted by Crippen LogP contribution is -2.23. The fraction of sp³-hybridized carbons (Fsp3) is 1.00. The van der Waals surface area contributed by atoms with Crippen LogP contribution in [0.25, 0.3) is 0 Å². The summed E-state index contributed by atoms with van der Waals surface area (Å²) in [6.07, 6.45) is 2.44. The van der Waals surface area contributed by atoms with E-state index < -0.39 is 0 Å². The van der Waals surface area contributed by atoms with Crippen LogP contribution in [0, 0.1) is 0 Å². The Kier molecular flexibility index (Phi) is 9.77. The fourth-order valence-corrected chi connectivity index (χ4v) is 0.905. The Hall–Kier alpha value is -0.120. The average molecular weight is 159 g/mol. The molecule has 3 nitrogen and oxygen atoms in total. The smallest absolute Gasteiger partial charge is 0.00368 e. The third-order valence-electron chi connectivity index (χ3n) is 1.56. The van der Waals surface area contributed by atoms with Gasteiger partial charge in [-0.25, -0.2) is 0 Å². The Labute approximate surface area is 69.9 Å². The van der Waals surface area contributed by atoms with Crippen LogP contribution < -0.4 is 16.0 Å². The van der Waals surface area contributed by atoms with E-state index in [-0.39, 0.29) is 0 Å².